The number of ether oxygens (including phenoxy) is 1. The van der Waals surface area contributed by atoms with Crippen LogP contribution in [0.15, 0.2) is 24.3 Å². The van der Waals surface area contributed by atoms with Crippen molar-refractivity contribution in [1.82, 2.24) is 10.2 Å². The lowest BCUT2D eigenvalue weighted by atomic mass is 10.1. The van der Waals surface area contributed by atoms with E-state index in [0.29, 0.717) is 19.1 Å². The topological polar surface area (TPSA) is 41.6 Å². The van der Waals surface area contributed by atoms with Gasteiger partial charge in [0.1, 0.15) is 0 Å². The number of carbonyl (C=O) groups is 1. The molecule has 1 saturated heterocycles. The second-order valence-corrected chi connectivity index (χ2v) is 6.56. The van der Waals surface area contributed by atoms with E-state index in [1.165, 1.54) is 24.0 Å². The average molecular weight is 302 g/mol. The maximum absolute atomic E-state index is 12.2. The smallest absolute Gasteiger partial charge is 0.234 e. The molecule has 0 radical (unpaired) electrons. The molecule has 1 heterocycles. The Balaban J connectivity index is 1.48. The molecule has 1 amide bonds. The van der Waals surface area contributed by atoms with E-state index < -0.39 is 0 Å². The molecule has 1 aromatic carbocycles. The van der Waals surface area contributed by atoms with Gasteiger partial charge in [-0.25, -0.2) is 0 Å². The summed E-state index contributed by atoms with van der Waals surface area (Å²) in [7, 11) is 0. The first-order chi connectivity index (χ1) is 10.7. The molecule has 1 N–H and O–H groups in total. The van der Waals surface area contributed by atoms with E-state index in [4.69, 9.17) is 4.74 Å². The predicted octanol–water partition coefficient (Wildman–Crippen LogP) is 2.25. The minimum Gasteiger partial charge on any atom is -0.376 e. The molecule has 120 valence electrons. The van der Waals surface area contributed by atoms with Crippen molar-refractivity contribution in [3.05, 3.63) is 35.4 Å². The van der Waals surface area contributed by atoms with Crippen molar-refractivity contribution in [3.63, 3.8) is 0 Å². The monoisotopic (exact) mass is 302 g/mol. The summed E-state index contributed by atoms with van der Waals surface area (Å²) < 4.78 is 5.55. The van der Waals surface area contributed by atoms with Crippen LogP contribution >= 0.6 is 0 Å². The summed E-state index contributed by atoms with van der Waals surface area (Å²) in [5.41, 5.74) is 2.56. The Morgan fingerprint density at radius 1 is 1.27 bits per heavy atom. The van der Waals surface area contributed by atoms with Crippen LogP contribution in [0.3, 0.4) is 0 Å². The second-order valence-electron chi connectivity index (χ2n) is 6.56. The van der Waals surface area contributed by atoms with Crippen LogP contribution in [-0.2, 0) is 16.1 Å². The lowest BCUT2D eigenvalue weighted by Crippen LogP contribution is -2.40. The molecule has 0 unspecified atom stereocenters. The van der Waals surface area contributed by atoms with Crippen LogP contribution < -0.4 is 5.32 Å². The van der Waals surface area contributed by atoms with Gasteiger partial charge < -0.3 is 10.1 Å². The first-order valence-electron chi connectivity index (χ1n) is 8.38. The fourth-order valence-electron chi connectivity index (χ4n) is 2.96. The highest BCUT2D eigenvalue weighted by Gasteiger charge is 2.30. The van der Waals surface area contributed by atoms with Crippen molar-refractivity contribution in [2.24, 2.45) is 0 Å². The normalized spacial score (nSPS) is 21.3. The van der Waals surface area contributed by atoms with Crippen LogP contribution in [0.5, 0.6) is 0 Å². The highest BCUT2D eigenvalue weighted by molar-refractivity contribution is 5.78. The molecule has 2 fully saturated rings. The Morgan fingerprint density at radius 3 is 2.68 bits per heavy atom. The standard InChI is InChI=1S/C18H26N2O2/c1-14-4-6-15(7-5-14)12-20(16-8-9-16)13-18(21)19-11-17-3-2-10-22-17/h4-7,16-17H,2-3,8-13H2,1H3,(H,19,21)/t17-/m0/s1. The number of amides is 1. The van der Waals surface area contributed by atoms with Gasteiger partial charge in [0.05, 0.1) is 12.6 Å². The summed E-state index contributed by atoms with van der Waals surface area (Å²) in [6.07, 6.45) is 4.82. The largest absolute Gasteiger partial charge is 0.376 e. The lowest BCUT2D eigenvalue weighted by Gasteiger charge is -2.22. The van der Waals surface area contributed by atoms with Crippen molar-refractivity contribution in [3.8, 4) is 0 Å². The number of rotatable bonds is 7. The lowest BCUT2D eigenvalue weighted by molar-refractivity contribution is -0.123. The van der Waals surface area contributed by atoms with E-state index in [9.17, 15) is 4.79 Å². The highest BCUT2D eigenvalue weighted by Crippen LogP contribution is 2.28. The summed E-state index contributed by atoms with van der Waals surface area (Å²) in [4.78, 5) is 14.5. The van der Waals surface area contributed by atoms with E-state index in [1.807, 2.05) is 0 Å². The van der Waals surface area contributed by atoms with Crippen LogP contribution in [-0.4, -0.2) is 42.6 Å². The Morgan fingerprint density at radius 2 is 2.05 bits per heavy atom. The zero-order valence-electron chi connectivity index (χ0n) is 13.4. The van der Waals surface area contributed by atoms with Gasteiger partial charge in [-0.3, -0.25) is 9.69 Å². The fourth-order valence-corrected chi connectivity index (χ4v) is 2.96. The fraction of sp³-hybridized carbons (Fsp3) is 0.611. The van der Waals surface area contributed by atoms with Crippen molar-refractivity contribution in [1.29, 1.82) is 0 Å². The molecular weight excluding hydrogens is 276 g/mol. The molecule has 4 heteroatoms. The molecule has 22 heavy (non-hydrogen) atoms. The maximum Gasteiger partial charge on any atom is 0.234 e. The number of aryl methyl sites for hydroxylation is 1. The maximum atomic E-state index is 12.2. The molecule has 2 aliphatic rings. The Bertz CT molecular complexity index is 490. The molecule has 1 atom stereocenters. The number of carbonyl (C=O) groups excluding carboxylic acids is 1. The van der Waals surface area contributed by atoms with Gasteiger partial charge in [0.2, 0.25) is 5.91 Å². The van der Waals surface area contributed by atoms with Gasteiger partial charge in [0, 0.05) is 25.7 Å². The molecule has 0 spiro atoms. The van der Waals surface area contributed by atoms with Crippen LogP contribution in [0, 0.1) is 6.92 Å². The van der Waals surface area contributed by atoms with E-state index >= 15 is 0 Å². The third kappa shape index (κ3) is 4.55. The first kappa shape index (κ1) is 15.5. The predicted molar refractivity (Wildman–Crippen MR) is 86.6 cm³/mol. The zero-order chi connectivity index (χ0) is 15.4. The van der Waals surface area contributed by atoms with Crippen molar-refractivity contribution in [2.75, 3.05) is 19.7 Å². The van der Waals surface area contributed by atoms with Crippen LogP contribution in [0.4, 0.5) is 0 Å². The average Bonchev–Trinajstić information content (AvgIpc) is 3.23. The van der Waals surface area contributed by atoms with Crippen molar-refractivity contribution < 1.29 is 9.53 Å². The second kappa shape index (κ2) is 7.25. The summed E-state index contributed by atoms with van der Waals surface area (Å²) in [5.74, 6) is 0.120. The summed E-state index contributed by atoms with van der Waals surface area (Å²) >= 11 is 0. The Labute approximate surface area is 132 Å². The van der Waals surface area contributed by atoms with E-state index in [2.05, 4.69) is 41.4 Å². The molecule has 0 aromatic heterocycles. The number of hydrogen-bond acceptors (Lipinski definition) is 3. The molecule has 0 bridgehead atoms. The molecular formula is C18H26N2O2. The van der Waals surface area contributed by atoms with Gasteiger partial charge in [-0.05, 0) is 38.2 Å². The number of nitrogens with one attached hydrogen (secondary N) is 1. The number of hydrogen-bond donors (Lipinski definition) is 1. The zero-order valence-corrected chi connectivity index (χ0v) is 13.4. The minimum atomic E-state index is 0.120. The summed E-state index contributed by atoms with van der Waals surface area (Å²) in [6, 6.07) is 9.18. The first-order valence-corrected chi connectivity index (χ1v) is 8.38. The van der Waals surface area contributed by atoms with Gasteiger partial charge in [-0.15, -0.1) is 0 Å². The molecule has 1 aliphatic heterocycles. The SMILES string of the molecule is Cc1ccc(CN(CC(=O)NC[C@@H]2CCCO2)C2CC2)cc1. The number of benzene rings is 1. The van der Waals surface area contributed by atoms with Gasteiger partial charge in [-0.2, -0.15) is 0 Å². The van der Waals surface area contributed by atoms with E-state index in [1.54, 1.807) is 0 Å². The summed E-state index contributed by atoms with van der Waals surface area (Å²) in [5, 5.41) is 3.03. The van der Waals surface area contributed by atoms with E-state index in [-0.39, 0.29) is 12.0 Å². The summed E-state index contributed by atoms with van der Waals surface area (Å²) in [6.45, 7) is 4.94. The van der Waals surface area contributed by atoms with E-state index in [0.717, 1.165) is 26.0 Å². The number of nitrogens with zero attached hydrogens (tertiary/aromatic N) is 1. The minimum absolute atomic E-state index is 0.120. The molecule has 1 saturated carbocycles. The van der Waals surface area contributed by atoms with Crippen LogP contribution in [0.2, 0.25) is 0 Å². The van der Waals surface area contributed by atoms with Gasteiger partial charge in [-0.1, -0.05) is 29.8 Å². The Kier molecular flexibility index (Phi) is 5.11. The highest BCUT2D eigenvalue weighted by atomic mass is 16.5. The van der Waals surface area contributed by atoms with Crippen LogP contribution in [0.25, 0.3) is 0 Å². The van der Waals surface area contributed by atoms with Gasteiger partial charge in [0.15, 0.2) is 0 Å². The molecule has 4 nitrogen and oxygen atoms in total. The van der Waals surface area contributed by atoms with Crippen molar-refractivity contribution >= 4 is 5.91 Å². The quantitative estimate of drug-likeness (QED) is 0.840. The van der Waals surface area contributed by atoms with Crippen LogP contribution in [0.1, 0.15) is 36.8 Å². The molecule has 3 rings (SSSR count). The molecule has 1 aromatic rings. The Hall–Kier alpha value is -1.39. The van der Waals surface area contributed by atoms with Gasteiger partial charge in [0.25, 0.3) is 0 Å². The van der Waals surface area contributed by atoms with Crippen molar-refractivity contribution in [2.45, 2.75) is 51.3 Å². The molecule has 1 aliphatic carbocycles. The third-order valence-corrected chi connectivity index (χ3v) is 4.47. The van der Waals surface area contributed by atoms with Gasteiger partial charge >= 0.3 is 0 Å². The third-order valence-electron chi connectivity index (χ3n) is 4.47.